The van der Waals surface area contributed by atoms with Gasteiger partial charge in [-0.05, 0) is 108 Å². The molecule has 0 heterocycles. The number of nitrogen functional groups attached to an aromatic ring is 1. The van der Waals surface area contributed by atoms with Crippen molar-refractivity contribution >= 4 is 64.4 Å². The molecule has 4 aromatic carbocycles. The number of aliphatic imine (C=N–C) groups is 1. The number of benzene rings is 4. The van der Waals surface area contributed by atoms with Crippen LogP contribution in [0.15, 0.2) is 134 Å². The van der Waals surface area contributed by atoms with Crippen molar-refractivity contribution in [2.45, 2.75) is 21.6 Å². The van der Waals surface area contributed by atoms with Crippen LogP contribution in [-0.4, -0.2) is 44.6 Å². The van der Waals surface area contributed by atoms with E-state index in [9.17, 15) is 38.9 Å². The summed E-state index contributed by atoms with van der Waals surface area (Å²) in [6.45, 7) is 1.70. The summed E-state index contributed by atoms with van der Waals surface area (Å²) >= 11 is 0. The maximum absolute atomic E-state index is 12.5. The SMILES string of the molecule is Cc1cc(C(=C2C=CC(=Nc3ccc(S(=O)(=O)O)cc3)C=C2)c2ccc(Nc3cccc(S(=O)(=O)O)c3)cc2)c(S(=O)(=O)O)cc1N. The first-order chi connectivity index (χ1) is 22.0. The van der Waals surface area contributed by atoms with E-state index >= 15 is 0 Å². The van der Waals surface area contributed by atoms with E-state index in [-0.39, 0.29) is 21.0 Å². The molecule has 0 radical (unpaired) electrons. The average molecular weight is 694 g/mol. The van der Waals surface area contributed by atoms with Crippen molar-refractivity contribution in [1.29, 1.82) is 0 Å². The molecule has 0 aromatic heterocycles. The van der Waals surface area contributed by atoms with Gasteiger partial charge in [-0.1, -0.05) is 30.4 Å². The van der Waals surface area contributed by atoms with E-state index in [1.165, 1.54) is 48.5 Å². The van der Waals surface area contributed by atoms with Gasteiger partial charge in [0.2, 0.25) is 0 Å². The van der Waals surface area contributed by atoms with Gasteiger partial charge in [-0.15, -0.1) is 0 Å². The van der Waals surface area contributed by atoms with Gasteiger partial charge in [0.05, 0.1) is 21.2 Å². The Balaban J connectivity index is 1.58. The third kappa shape index (κ3) is 7.91. The second kappa shape index (κ2) is 12.7. The fraction of sp³-hybridized carbons (Fsp3) is 0.0312. The van der Waals surface area contributed by atoms with E-state index in [1.54, 1.807) is 67.6 Å². The van der Waals surface area contributed by atoms with Crippen molar-refractivity contribution in [3.05, 3.63) is 131 Å². The van der Waals surface area contributed by atoms with Gasteiger partial charge in [-0.3, -0.25) is 13.7 Å². The number of nitrogens with one attached hydrogen (secondary N) is 1. The first kappa shape index (κ1) is 33.5. The van der Waals surface area contributed by atoms with Crippen LogP contribution in [0, 0.1) is 6.92 Å². The Morgan fingerprint density at radius 2 is 1.30 bits per heavy atom. The van der Waals surface area contributed by atoms with Crippen LogP contribution in [0.2, 0.25) is 0 Å². The molecule has 0 unspecified atom stereocenters. The quantitative estimate of drug-likeness (QED) is 0.110. The summed E-state index contributed by atoms with van der Waals surface area (Å²) in [5.41, 5.74) is 10.3. The number of hydrogen-bond donors (Lipinski definition) is 5. The van der Waals surface area contributed by atoms with Crippen molar-refractivity contribution in [1.82, 2.24) is 0 Å². The molecule has 12 nitrogen and oxygen atoms in total. The smallest absolute Gasteiger partial charge is 0.295 e. The number of anilines is 3. The molecular formula is C32H27N3O9S3. The molecule has 47 heavy (non-hydrogen) atoms. The lowest BCUT2D eigenvalue weighted by molar-refractivity contribution is 0.481. The molecular weight excluding hydrogens is 667 g/mol. The summed E-state index contributed by atoms with van der Waals surface area (Å²) in [6.07, 6.45) is 6.74. The second-order valence-corrected chi connectivity index (χ2v) is 14.6. The molecule has 0 amide bonds. The Morgan fingerprint density at radius 3 is 1.87 bits per heavy atom. The normalized spacial score (nSPS) is 13.4. The van der Waals surface area contributed by atoms with Crippen LogP contribution in [0.4, 0.5) is 22.7 Å². The highest BCUT2D eigenvalue weighted by Crippen LogP contribution is 2.37. The number of nitrogens with zero attached hydrogens (tertiary/aromatic N) is 1. The third-order valence-electron chi connectivity index (χ3n) is 7.06. The van der Waals surface area contributed by atoms with Crippen molar-refractivity contribution in [3.63, 3.8) is 0 Å². The first-order valence-electron chi connectivity index (χ1n) is 13.6. The van der Waals surface area contributed by atoms with Crippen molar-refractivity contribution in [3.8, 4) is 0 Å². The van der Waals surface area contributed by atoms with Crippen LogP contribution >= 0.6 is 0 Å². The monoisotopic (exact) mass is 693 g/mol. The zero-order chi connectivity index (χ0) is 34.1. The minimum atomic E-state index is -4.72. The standard InChI is InChI=1S/C32H27N3O9S3/c1-20-17-29(31(19-30(20)33)47(42,43)44)32(21-5-9-23(10-6-21)34-25-13-15-27(16-14-25)45(36,37)38)22-7-11-24(12-8-22)35-26-3-2-4-28(18-26)46(39,40)41/h2-19,35H,33H2,1H3,(H,36,37,38)(H,39,40,41)(H,42,43,44). The van der Waals surface area contributed by atoms with Gasteiger partial charge < -0.3 is 11.1 Å². The highest BCUT2D eigenvalue weighted by molar-refractivity contribution is 7.86. The summed E-state index contributed by atoms with van der Waals surface area (Å²) in [5, 5.41) is 3.06. The molecule has 0 fully saturated rings. The Kier molecular flexibility index (Phi) is 9.05. The number of hydrogen-bond acceptors (Lipinski definition) is 9. The van der Waals surface area contributed by atoms with E-state index in [0.29, 0.717) is 45.0 Å². The minimum Gasteiger partial charge on any atom is -0.398 e. The summed E-state index contributed by atoms with van der Waals surface area (Å²) < 4.78 is 99.6. The topological polar surface area (TPSA) is 214 Å². The predicted molar refractivity (Wildman–Crippen MR) is 179 cm³/mol. The molecule has 0 bridgehead atoms. The zero-order valence-corrected chi connectivity index (χ0v) is 26.9. The maximum atomic E-state index is 12.5. The Morgan fingerprint density at radius 1 is 0.681 bits per heavy atom. The molecule has 6 N–H and O–H groups in total. The van der Waals surface area contributed by atoms with E-state index < -0.39 is 35.2 Å². The van der Waals surface area contributed by atoms with Crippen LogP contribution in [0.5, 0.6) is 0 Å². The summed E-state index contributed by atoms with van der Waals surface area (Å²) in [4.78, 5) is 3.52. The molecule has 242 valence electrons. The number of nitrogens with two attached hydrogens (primary N) is 1. The lowest BCUT2D eigenvalue weighted by Gasteiger charge is -2.18. The van der Waals surface area contributed by atoms with Crippen molar-refractivity contribution in [2.75, 3.05) is 11.1 Å². The van der Waals surface area contributed by atoms with E-state index in [4.69, 9.17) is 5.73 Å². The maximum Gasteiger partial charge on any atom is 0.295 e. The first-order valence-corrected chi connectivity index (χ1v) is 17.9. The average Bonchev–Trinajstić information content (AvgIpc) is 2.99. The molecule has 0 saturated carbocycles. The van der Waals surface area contributed by atoms with Gasteiger partial charge in [0, 0.05) is 22.6 Å². The molecule has 0 aliphatic heterocycles. The van der Waals surface area contributed by atoms with Gasteiger partial charge in [0.1, 0.15) is 4.90 Å². The van der Waals surface area contributed by atoms with Crippen LogP contribution in [0.1, 0.15) is 16.7 Å². The largest absolute Gasteiger partial charge is 0.398 e. The summed E-state index contributed by atoms with van der Waals surface area (Å²) in [5.74, 6) is 0. The van der Waals surface area contributed by atoms with Gasteiger partial charge in [0.25, 0.3) is 30.4 Å². The molecule has 1 aliphatic carbocycles. The van der Waals surface area contributed by atoms with Crippen LogP contribution in [0.3, 0.4) is 0 Å². The third-order valence-corrected chi connectivity index (χ3v) is 9.67. The second-order valence-electron chi connectivity index (χ2n) is 10.4. The molecule has 0 atom stereocenters. The Labute approximate surface area is 271 Å². The minimum absolute atomic E-state index is 0.168. The molecule has 4 aromatic rings. The lowest BCUT2D eigenvalue weighted by Crippen LogP contribution is -2.08. The molecule has 15 heteroatoms. The van der Waals surface area contributed by atoms with Gasteiger partial charge in [-0.25, -0.2) is 4.99 Å². The molecule has 0 saturated heterocycles. The Bertz CT molecular complexity index is 2330. The van der Waals surface area contributed by atoms with E-state index in [2.05, 4.69) is 10.3 Å². The van der Waals surface area contributed by atoms with Crippen LogP contribution in [0.25, 0.3) is 5.57 Å². The molecule has 0 spiro atoms. The summed E-state index contributed by atoms with van der Waals surface area (Å²) in [6, 6.07) is 20.5. The van der Waals surface area contributed by atoms with Gasteiger partial charge in [-0.2, -0.15) is 25.3 Å². The van der Waals surface area contributed by atoms with Crippen LogP contribution < -0.4 is 11.1 Å². The van der Waals surface area contributed by atoms with Crippen molar-refractivity contribution < 1.29 is 38.9 Å². The highest BCUT2D eigenvalue weighted by Gasteiger charge is 2.23. The number of aryl methyl sites for hydroxylation is 1. The van der Waals surface area contributed by atoms with Gasteiger partial charge in [0.15, 0.2) is 0 Å². The lowest BCUT2D eigenvalue weighted by atomic mass is 9.89. The Hall–Kier alpha value is -4.90. The molecule has 5 rings (SSSR count). The number of allylic oxidation sites excluding steroid dienone is 5. The van der Waals surface area contributed by atoms with Gasteiger partial charge >= 0.3 is 0 Å². The summed E-state index contributed by atoms with van der Waals surface area (Å²) in [7, 11) is -13.5. The molecule has 1 aliphatic rings. The zero-order valence-electron chi connectivity index (χ0n) is 24.4. The predicted octanol–water partition coefficient (Wildman–Crippen LogP) is 5.76. The van der Waals surface area contributed by atoms with Crippen molar-refractivity contribution in [2.24, 2.45) is 4.99 Å². The fourth-order valence-electron chi connectivity index (χ4n) is 4.76. The highest BCUT2D eigenvalue weighted by atomic mass is 32.2. The van der Waals surface area contributed by atoms with E-state index in [0.717, 1.165) is 0 Å². The number of rotatable bonds is 8. The fourth-order valence-corrected chi connectivity index (χ4v) is 6.48. The van der Waals surface area contributed by atoms with E-state index in [1.807, 2.05) is 0 Å². The van der Waals surface area contributed by atoms with Crippen LogP contribution in [-0.2, 0) is 30.4 Å².